The molecule has 0 aliphatic heterocycles. The average molecular weight is 270 g/mol. The number of rotatable bonds is 7. The molecule has 8 nitrogen and oxygen atoms in total. The molecule has 0 fully saturated rings. The number of nitrogen functional groups attached to an aromatic ring is 1. The van der Waals surface area contributed by atoms with Gasteiger partial charge in [0.15, 0.2) is 5.69 Å². The number of carbonyl (C=O) groups is 2. The number of methoxy groups -OCH3 is 2. The van der Waals surface area contributed by atoms with Gasteiger partial charge in [0, 0.05) is 26.5 Å². The summed E-state index contributed by atoms with van der Waals surface area (Å²) in [6.45, 7) is 1.10. The molecule has 0 atom stereocenters. The van der Waals surface area contributed by atoms with Gasteiger partial charge < -0.3 is 20.5 Å². The van der Waals surface area contributed by atoms with Crippen LogP contribution in [0.15, 0.2) is 6.20 Å². The third kappa shape index (κ3) is 4.59. The fraction of sp³-hybridized carbons (Fsp3) is 0.545. The lowest BCUT2D eigenvalue weighted by Gasteiger charge is -2.04. The summed E-state index contributed by atoms with van der Waals surface area (Å²) in [4.78, 5) is 22.9. The molecule has 1 heterocycles. The molecule has 0 spiro atoms. The number of hydrogen-bond donors (Lipinski definition) is 2. The molecule has 0 aromatic carbocycles. The quantitative estimate of drug-likeness (QED) is 0.506. The van der Waals surface area contributed by atoms with Gasteiger partial charge >= 0.3 is 5.97 Å². The fourth-order valence-electron chi connectivity index (χ4n) is 1.42. The summed E-state index contributed by atoms with van der Waals surface area (Å²) >= 11 is 0. The lowest BCUT2D eigenvalue weighted by molar-refractivity contribution is -0.121. The van der Waals surface area contributed by atoms with Crippen LogP contribution in [0.2, 0.25) is 0 Å². The van der Waals surface area contributed by atoms with Crippen molar-refractivity contribution in [2.24, 2.45) is 0 Å². The van der Waals surface area contributed by atoms with E-state index in [0.29, 0.717) is 13.2 Å². The molecule has 1 aromatic heterocycles. The monoisotopic (exact) mass is 270 g/mol. The van der Waals surface area contributed by atoms with Crippen molar-refractivity contribution in [3.05, 3.63) is 11.9 Å². The molecular weight excluding hydrogens is 252 g/mol. The first-order chi connectivity index (χ1) is 9.08. The van der Waals surface area contributed by atoms with E-state index in [0.717, 1.165) is 6.42 Å². The first kappa shape index (κ1) is 15.0. The fourth-order valence-corrected chi connectivity index (χ4v) is 1.42. The highest BCUT2D eigenvalue weighted by atomic mass is 16.5. The Morgan fingerprint density at radius 2 is 2.21 bits per heavy atom. The number of amides is 1. The highest BCUT2D eigenvalue weighted by Gasteiger charge is 2.16. The Labute approximate surface area is 110 Å². The first-order valence-corrected chi connectivity index (χ1v) is 5.75. The van der Waals surface area contributed by atoms with Crippen molar-refractivity contribution in [2.45, 2.75) is 13.0 Å². The van der Waals surface area contributed by atoms with Crippen LogP contribution in [0.1, 0.15) is 16.9 Å². The van der Waals surface area contributed by atoms with E-state index in [1.807, 2.05) is 0 Å². The number of esters is 1. The molecule has 0 radical (unpaired) electrons. The van der Waals surface area contributed by atoms with Crippen molar-refractivity contribution in [3.63, 3.8) is 0 Å². The molecule has 1 rings (SSSR count). The highest BCUT2D eigenvalue weighted by molar-refractivity contribution is 5.92. The maximum absolute atomic E-state index is 11.6. The van der Waals surface area contributed by atoms with Crippen molar-refractivity contribution in [2.75, 3.05) is 33.1 Å². The molecule has 0 unspecified atom stereocenters. The van der Waals surface area contributed by atoms with Gasteiger partial charge in [0.25, 0.3) is 0 Å². The van der Waals surface area contributed by atoms with Gasteiger partial charge in [-0.1, -0.05) is 0 Å². The number of nitrogens with zero attached hydrogens (tertiary/aromatic N) is 2. The third-order valence-corrected chi connectivity index (χ3v) is 2.32. The zero-order valence-corrected chi connectivity index (χ0v) is 11.0. The van der Waals surface area contributed by atoms with E-state index < -0.39 is 5.97 Å². The van der Waals surface area contributed by atoms with Gasteiger partial charge in [-0.15, -0.1) is 0 Å². The van der Waals surface area contributed by atoms with E-state index in [2.05, 4.69) is 15.2 Å². The number of carbonyl (C=O) groups excluding carboxylic acids is 2. The smallest absolute Gasteiger partial charge is 0.360 e. The summed E-state index contributed by atoms with van der Waals surface area (Å²) in [5.74, 6) is -0.841. The van der Waals surface area contributed by atoms with Crippen LogP contribution >= 0.6 is 0 Å². The molecule has 106 valence electrons. The summed E-state index contributed by atoms with van der Waals surface area (Å²) < 4.78 is 10.7. The van der Waals surface area contributed by atoms with E-state index in [1.165, 1.54) is 18.0 Å². The van der Waals surface area contributed by atoms with Crippen LogP contribution in [0.25, 0.3) is 0 Å². The summed E-state index contributed by atoms with van der Waals surface area (Å²) in [6.07, 6.45) is 2.15. The minimum absolute atomic E-state index is 0.00578. The summed E-state index contributed by atoms with van der Waals surface area (Å²) in [7, 11) is 2.84. The molecular formula is C11H18N4O4. The van der Waals surface area contributed by atoms with Crippen molar-refractivity contribution in [1.29, 1.82) is 0 Å². The van der Waals surface area contributed by atoms with Crippen LogP contribution < -0.4 is 11.1 Å². The zero-order valence-electron chi connectivity index (χ0n) is 11.0. The first-order valence-electron chi connectivity index (χ1n) is 5.75. The Bertz CT molecular complexity index is 444. The second kappa shape index (κ2) is 7.37. The van der Waals surface area contributed by atoms with Gasteiger partial charge in [0.05, 0.1) is 12.8 Å². The predicted octanol–water partition coefficient (Wildman–Crippen LogP) is -0.595. The largest absolute Gasteiger partial charge is 0.464 e. The number of hydrogen-bond acceptors (Lipinski definition) is 6. The minimum Gasteiger partial charge on any atom is -0.464 e. The van der Waals surface area contributed by atoms with Crippen molar-refractivity contribution < 1.29 is 19.1 Å². The summed E-state index contributed by atoms with van der Waals surface area (Å²) in [5, 5.41) is 6.60. The van der Waals surface area contributed by atoms with Gasteiger partial charge in [-0.3, -0.25) is 9.48 Å². The molecule has 1 aromatic rings. The van der Waals surface area contributed by atoms with Crippen molar-refractivity contribution >= 4 is 17.6 Å². The third-order valence-electron chi connectivity index (χ3n) is 2.32. The van der Waals surface area contributed by atoms with Crippen molar-refractivity contribution in [3.8, 4) is 0 Å². The number of nitrogens with two attached hydrogens (primary N) is 1. The highest BCUT2D eigenvalue weighted by Crippen LogP contribution is 2.09. The SMILES string of the molecule is COCCCNC(=O)Cn1cc(N)c(C(=O)OC)n1. The van der Waals surface area contributed by atoms with E-state index in [9.17, 15) is 9.59 Å². The number of nitrogens with one attached hydrogen (secondary N) is 1. The van der Waals surface area contributed by atoms with Gasteiger partial charge in [0.2, 0.25) is 5.91 Å². The maximum atomic E-state index is 11.6. The van der Waals surface area contributed by atoms with E-state index >= 15 is 0 Å². The Morgan fingerprint density at radius 1 is 1.47 bits per heavy atom. The van der Waals surface area contributed by atoms with Gasteiger partial charge in [-0.25, -0.2) is 4.79 Å². The van der Waals surface area contributed by atoms with E-state index in [-0.39, 0.29) is 23.8 Å². The number of anilines is 1. The predicted molar refractivity (Wildman–Crippen MR) is 67.5 cm³/mol. The Kier molecular flexibility index (Phi) is 5.80. The van der Waals surface area contributed by atoms with Crippen LogP contribution in [0.5, 0.6) is 0 Å². The van der Waals surface area contributed by atoms with Crippen LogP contribution in [-0.2, 0) is 20.8 Å². The molecule has 0 aliphatic carbocycles. The van der Waals surface area contributed by atoms with Crippen LogP contribution in [0.4, 0.5) is 5.69 Å². The Morgan fingerprint density at radius 3 is 2.84 bits per heavy atom. The maximum Gasteiger partial charge on any atom is 0.360 e. The normalized spacial score (nSPS) is 10.2. The average Bonchev–Trinajstić information content (AvgIpc) is 2.74. The Hall–Kier alpha value is -2.09. The number of ether oxygens (including phenoxy) is 2. The Balaban J connectivity index is 2.48. The molecule has 1 amide bonds. The van der Waals surface area contributed by atoms with Crippen LogP contribution in [-0.4, -0.2) is 49.0 Å². The topological polar surface area (TPSA) is 108 Å². The molecule has 0 aliphatic rings. The number of aromatic nitrogens is 2. The molecule has 19 heavy (non-hydrogen) atoms. The second-order valence-electron chi connectivity index (χ2n) is 3.82. The van der Waals surface area contributed by atoms with Gasteiger partial charge in [-0.2, -0.15) is 5.10 Å². The summed E-state index contributed by atoms with van der Waals surface area (Å²) in [5.41, 5.74) is 5.79. The summed E-state index contributed by atoms with van der Waals surface area (Å²) in [6, 6.07) is 0. The van der Waals surface area contributed by atoms with Gasteiger partial charge in [0.1, 0.15) is 6.54 Å². The molecule has 0 saturated heterocycles. The van der Waals surface area contributed by atoms with E-state index in [4.69, 9.17) is 10.5 Å². The molecule has 8 heteroatoms. The lowest BCUT2D eigenvalue weighted by Crippen LogP contribution is -2.29. The lowest BCUT2D eigenvalue weighted by atomic mass is 10.4. The molecule has 0 saturated carbocycles. The molecule has 0 bridgehead atoms. The standard InChI is InChI=1S/C11H18N4O4/c1-18-5-3-4-13-9(16)7-15-6-8(12)10(14-15)11(17)19-2/h6H,3-5,7,12H2,1-2H3,(H,13,16). The van der Waals surface area contributed by atoms with E-state index in [1.54, 1.807) is 7.11 Å². The zero-order chi connectivity index (χ0) is 14.3. The molecule has 3 N–H and O–H groups in total. The van der Waals surface area contributed by atoms with Gasteiger partial charge in [-0.05, 0) is 6.42 Å². The van der Waals surface area contributed by atoms with Crippen LogP contribution in [0, 0.1) is 0 Å². The second-order valence-corrected chi connectivity index (χ2v) is 3.82. The van der Waals surface area contributed by atoms with Crippen molar-refractivity contribution in [1.82, 2.24) is 15.1 Å². The minimum atomic E-state index is -0.628. The van der Waals surface area contributed by atoms with Crippen LogP contribution in [0.3, 0.4) is 0 Å².